The van der Waals surface area contributed by atoms with Gasteiger partial charge in [-0.15, -0.1) is 0 Å². The molecular formula is C19H23NO2. The maximum atomic E-state index is 11.7. The van der Waals surface area contributed by atoms with E-state index in [2.05, 4.69) is 4.90 Å². The van der Waals surface area contributed by atoms with Crippen LogP contribution in [0.2, 0.25) is 0 Å². The highest BCUT2D eigenvalue weighted by atomic mass is 16.4. The van der Waals surface area contributed by atoms with Crippen LogP contribution in [-0.4, -0.2) is 22.0 Å². The minimum absolute atomic E-state index is 0.453. The Kier molecular flexibility index (Phi) is 6.16. The summed E-state index contributed by atoms with van der Waals surface area (Å²) in [7, 11) is 0. The SMILES string of the molecule is CCCC(C(=O)O)N(Cc1ccccc1)Cc1ccccc1. The Balaban J connectivity index is 2.20. The first-order chi connectivity index (χ1) is 10.7. The molecule has 0 heterocycles. The molecule has 0 aliphatic heterocycles. The second-order valence-electron chi connectivity index (χ2n) is 5.52. The summed E-state index contributed by atoms with van der Waals surface area (Å²) < 4.78 is 0. The molecule has 0 aliphatic rings. The van der Waals surface area contributed by atoms with E-state index in [0.29, 0.717) is 19.5 Å². The van der Waals surface area contributed by atoms with Crippen molar-refractivity contribution in [1.82, 2.24) is 4.90 Å². The van der Waals surface area contributed by atoms with Crippen LogP contribution >= 0.6 is 0 Å². The van der Waals surface area contributed by atoms with Gasteiger partial charge in [-0.3, -0.25) is 9.69 Å². The van der Waals surface area contributed by atoms with Gasteiger partial charge in [0.1, 0.15) is 6.04 Å². The van der Waals surface area contributed by atoms with E-state index in [4.69, 9.17) is 0 Å². The molecule has 0 spiro atoms. The van der Waals surface area contributed by atoms with Crippen LogP contribution in [0.3, 0.4) is 0 Å². The summed E-state index contributed by atoms with van der Waals surface area (Å²) in [4.78, 5) is 13.7. The first-order valence-corrected chi connectivity index (χ1v) is 7.75. The van der Waals surface area contributed by atoms with Crippen LogP contribution in [0.15, 0.2) is 60.7 Å². The average molecular weight is 297 g/mol. The van der Waals surface area contributed by atoms with Crippen LogP contribution in [0, 0.1) is 0 Å². The molecule has 0 aromatic heterocycles. The van der Waals surface area contributed by atoms with Crippen LogP contribution in [0.4, 0.5) is 0 Å². The van der Waals surface area contributed by atoms with Crippen molar-refractivity contribution in [1.29, 1.82) is 0 Å². The van der Waals surface area contributed by atoms with Gasteiger partial charge in [-0.2, -0.15) is 0 Å². The van der Waals surface area contributed by atoms with Gasteiger partial charge in [-0.1, -0.05) is 74.0 Å². The number of aliphatic carboxylic acids is 1. The second-order valence-corrected chi connectivity index (χ2v) is 5.52. The fraction of sp³-hybridized carbons (Fsp3) is 0.316. The van der Waals surface area contributed by atoms with Crippen molar-refractivity contribution in [2.75, 3.05) is 0 Å². The molecular weight excluding hydrogens is 274 g/mol. The highest BCUT2D eigenvalue weighted by Crippen LogP contribution is 2.16. The molecule has 0 saturated carbocycles. The van der Waals surface area contributed by atoms with Crippen molar-refractivity contribution in [2.24, 2.45) is 0 Å². The summed E-state index contributed by atoms with van der Waals surface area (Å²) in [5, 5.41) is 9.59. The number of benzene rings is 2. The van der Waals surface area contributed by atoms with Crippen LogP contribution in [0.5, 0.6) is 0 Å². The first-order valence-electron chi connectivity index (χ1n) is 7.75. The third-order valence-electron chi connectivity index (χ3n) is 3.74. The Hall–Kier alpha value is -2.13. The molecule has 22 heavy (non-hydrogen) atoms. The van der Waals surface area contributed by atoms with Gasteiger partial charge < -0.3 is 5.11 Å². The zero-order valence-corrected chi connectivity index (χ0v) is 13.0. The summed E-state index contributed by atoms with van der Waals surface area (Å²) in [6, 6.07) is 19.6. The largest absolute Gasteiger partial charge is 0.480 e. The van der Waals surface area contributed by atoms with E-state index in [1.54, 1.807) is 0 Å². The van der Waals surface area contributed by atoms with E-state index >= 15 is 0 Å². The van der Waals surface area contributed by atoms with Crippen LogP contribution in [0.1, 0.15) is 30.9 Å². The van der Waals surface area contributed by atoms with Crippen LogP contribution in [0.25, 0.3) is 0 Å². The van der Waals surface area contributed by atoms with Crippen molar-refractivity contribution in [3.8, 4) is 0 Å². The monoisotopic (exact) mass is 297 g/mol. The molecule has 2 aromatic carbocycles. The number of carbonyl (C=O) groups is 1. The third kappa shape index (κ3) is 4.71. The molecule has 1 atom stereocenters. The normalized spacial score (nSPS) is 12.3. The Morgan fingerprint density at radius 2 is 1.41 bits per heavy atom. The number of carboxylic acids is 1. The topological polar surface area (TPSA) is 40.5 Å². The van der Waals surface area contributed by atoms with Gasteiger partial charge in [0.25, 0.3) is 0 Å². The van der Waals surface area contributed by atoms with E-state index < -0.39 is 12.0 Å². The minimum Gasteiger partial charge on any atom is -0.480 e. The van der Waals surface area contributed by atoms with E-state index in [0.717, 1.165) is 17.5 Å². The van der Waals surface area contributed by atoms with E-state index in [-0.39, 0.29) is 0 Å². The average Bonchev–Trinajstić information content (AvgIpc) is 2.54. The second kappa shape index (κ2) is 8.35. The quantitative estimate of drug-likeness (QED) is 0.802. The van der Waals surface area contributed by atoms with Crippen molar-refractivity contribution < 1.29 is 9.90 Å². The van der Waals surface area contributed by atoms with Crippen molar-refractivity contribution in [3.05, 3.63) is 71.8 Å². The molecule has 0 bridgehead atoms. The molecule has 1 unspecified atom stereocenters. The van der Waals surface area contributed by atoms with E-state index in [1.807, 2.05) is 67.6 Å². The predicted molar refractivity (Wildman–Crippen MR) is 88.5 cm³/mol. The molecule has 3 nitrogen and oxygen atoms in total. The number of carboxylic acid groups (broad SMARTS) is 1. The molecule has 116 valence electrons. The lowest BCUT2D eigenvalue weighted by molar-refractivity contribution is -0.144. The van der Waals surface area contributed by atoms with E-state index in [9.17, 15) is 9.90 Å². The molecule has 1 N–H and O–H groups in total. The Morgan fingerprint density at radius 3 is 1.77 bits per heavy atom. The molecule has 0 fully saturated rings. The van der Waals surface area contributed by atoms with Gasteiger partial charge >= 0.3 is 5.97 Å². The highest BCUT2D eigenvalue weighted by molar-refractivity contribution is 5.73. The van der Waals surface area contributed by atoms with Gasteiger partial charge in [0.2, 0.25) is 0 Å². The van der Waals surface area contributed by atoms with Crippen LogP contribution in [-0.2, 0) is 17.9 Å². The van der Waals surface area contributed by atoms with Gasteiger partial charge in [0.05, 0.1) is 0 Å². The van der Waals surface area contributed by atoms with Gasteiger partial charge in [-0.25, -0.2) is 0 Å². The molecule has 0 saturated heterocycles. The highest BCUT2D eigenvalue weighted by Gasteiger charge is 2.24. The van der Waals surface area contributed by atoms with Gasteiger partial charge in [-0.05, 0) is 17.5 Å². The Bertz CT molecular complexity index is 527. The molecule has 3 heteroatoms. The van der Waals surface area contributed by atoms with Crippen LogP contribution < -0.4 is 0 Å². The molecule has 2 rings (SSSR count). The molecule has 0 amide bonds. The predicted octanol–water partition coefficient (Wildman–Crippen LogP) is 3.94. The van der Waals surface area contributed by atoms with Crippen molar-refractivity contribution >= 4 is 5.97 Å². The van der Waals surface area contributed by atoms with Crippen molar-refractivity contribution in [2.45, 2.75) is 38.9 Å². The maximum absolute atomic E-state index is 11.7. The number of hydrogen-bond donors (Lipinski definition) is 1. The van der Waals surface area contributed by atoms with E-state index in [1.165, 1.54) is 0 Å². The summed E-state index contributed by atoms with van der Waals surface area (Å²) in [6.45, 7) is 3.32. The Labute approximate surface area is 132 Å². The lowest BCUT2D eigenvalue weighted by Gasteiger charge is -2.29. The standard InChI is InChI=1S/C19H23NO2/c1-2-9-18(19(21)22)20(14-16-10-5-3-6-11-16)15-17-12-7-4-8-13-17/h3-8,10-13,18H,2,9,14-15H2,1H3,(H,21,22). The Morgan fingerprint density at radius 1 is 0.955 bits per heavy atom. The lowest BCUT2D eigenvalue weighted by atomic mass is 10.1. The maximum Gasteiger partial charge on any atom is 0.320 e. The van der Waals surface area contributed by atoms with Gasteiger partial charge in [0.15, 0.2) is 0 Å². The lowest BCUT2D eigenvalue weighted by Crippen LogP contribution is -2.40. The summed E-state index contributed by atoms with van der Waals surface area (Å²) in [5.41, 5.74) is 2.28. The fourth-order valence-electron chi connectivity index (χ4n) is 2.65. The summed E-state index contributed by atoms with van der Waals surface area (Å²) in [5.74, 6) is -0.742. The molecule has 0 aliphatic carbocycles. The summed E-state index contributed by atoms with van der Waals surface area (Å²) >= 11 is 0. The molecule has 2 aromatic rings. The van der Waals surface area contributed by atoms with Gasteiger partial charge in [0, 0.05) is 13.1 Å². The fourth-order valence-corrected chi connectivity index (χ4v) is 2.65. The number of nitrogens with zero attached hydrogens (tertiary/aromatic N) is 1. The van der Waals surface area contributed by atoms with Crippen molar-refractivity contribution in [3.63, 3.8) is 0 Å². The smallest absolute Gasteiger partial charge is 0.320 e. The zero-order chi connectivity index (χ0) is 15.8. The molecule has 0 radical (unpaired) electrons. The zero-order valence-electron chi connectivity index (χ0n) is 13.0. The number of hydrogen-bond acceptors (Lipinski definition) is 2. The summed E-state index contributed by atoms with van der Waals surface area (Å²) in [6.07, 6.45) is 1.52. The number of rotatable bonds is 8. The third-order valence-corrected chi connectivity index (χ3v) is 3.74. The first kappa shape index (κ1) is 16.2. The minimum atomic E-state index is -0.742.